The van der Waals surface area contributed by atoms with E-state index in [2.05, 4.69) is 4.40 Å². The second kappa shape index (κ2) is 4.63. The van der Waals surface area contributed by atoms with Crippen LogP contribution in [0.15, 0.2) is 42.5 Å². The zero-order valence-electron chi connectivity index (χ0n) is 11.5. The fourth-order valence-electron chi connectivity index (χ4n) is 2.77. The number of rotatable bonds is 1. The number of thiazole rings is 1. The molecular formula is C16H10ClN2O2S+. The standard InChI is InChI=1S/C16H10ClN2O2S/c1-9-6-13-10(7-12(9)19(20)21)2-5-16-18(13)14-8-11(17)3-4-15(14)22-16/h2-8H,1H3/q+1. The summed E-state index contributed by atoms with van der Waals surface area (Å²) in [6.07, 6.45) is 0. The van der Waals surface area contributed by atoms with Crippen molar-refractivity contribution in [1.29, 1.82) is 0 Å². The van der Waals surface area contributed by atoms with E-state index >= 15 is 0 Å². The van der Waals surface area contributed by atoms with Crippen molar-refractivity contribution in [2.24, 2.45) is 0 Å². The maximum atomic E-state index is 11.1. The molecule has 0 radical (unpaired) electrons. The second-order valence-corrected chi connectivity index (χ2v) is 6.67. The average Bonchev–Trinajstić information content (AvgIpc) is 2.84. The summed E-state index contributed by atoms with van der Waals surface area (Å²) in [5, 5.41) is 12.6. The Morgan fingerprint density at radius 1 is 1.14 bits per heavy atom. The molecule has 0 atom stereocenters. The molecule has 2 heterocycles. The first-order chi connectivity index (χ1) is 10.5. The maximum absolute atomic E-state index is 11.1. The first-order valence-corrected chi connectivity index (χ1v) is 7.85. The summed E-state index contributed by atoms with van der Waals surface area (Å²) < 4.78 is 3.24. The SMILES string of the molecule is Cc1cc2c(ccc3sc4ccc(Cl)cc4[n+]32)cc1[N+](=O)[O-]. The lowest BCUT2D eigenvalue weighted by molar-refractivity contribution is -0.446. The lowest BCUT2D eigenvalue weighted by atomic mass is 10.1. The first-order valence-electron chi connectivity index (χ1n) is 6.66. The van der Waals surface area contributed by atoms with Crippen molar-refractivity contribution in [3.05, 3.63) is 63.2 Å². The molecule has 22 heavy (non-hydrogen) atoms. The molecule has 4 aromatic rings. The van der Waals surface area contributed by atoms with Crippen LogP contribution in [0.2, 0.25) is 5.02 Å². The van der Waals surface area contributed by atoms with Crippen molar-refractivity contribution >= 4 is 54.6 Å². The van der Waals surface area contributed by atoms with Gasteiger partial charge in [-0.1, -0.05) is 22.9 Å². The third-order valence-corrected chi connectivity index (χ3v) is 5.11. The molecular weight excluding hydrogens is 320 g/mol. The molecule has 0 N–H and O–H groups in total. The van der Waals surface area contributed by atoms with Crippen LogP contribution < -0.4 is 4.40 Å². The zero-order chi connectivity index (χ0) is 15.4. The number of hydrogen-bond donors (Lipinski definition) is 0. The molecule has 108 valence electrons. The number of nitro groups is 1. The molecule has 0 fully saturated rings. The number of nitro benzene ring substituents is 1. The number of aryl methyl sites for hydroxylation is 1. The van der Waals surface area contributed by atoms with Crippen LogP contribution in [0.3, 0.4) is 0 Å². The van der Waals surface area contributed by atoms with Crippen LogP contribution in [0.5, 0.6) is 0 Å². The lowest BCUT2D eigenvalue weighted by Gasteiger charge is -1.99. The normalized spacial score (nSPS) is 11.5. The number of fused-ring (bicyclic) bond motifs is 5. The van der Waals surface area contributed by atoms with E-state index in [1.54, 1.807) is 24.3 Å². The molecule has 2 aromatic heterocycles. The number of nitrogens with zero attached hydrogens (tertiary/aromatic N) is 2. The average molecular weight is 330 g/mol. The van der Waals surface area contributed by atoms with Gasteiger partial charge in [0.15, 0.2) is 0 Å². The number of pyridine rings is 1. The van der Waals surface area contributed by atoms with Gasteiger partial charge >= 0.3 is 0 Å². The predicted octanol–water partition coefficient (Wildman–Crippen LogP) is 4.66. The van der Waals surface area contributed by atoms with Crippen LogP contribution >= 0.6 is 22.9 Å². The minimum Gasteiger partial charge on any atom is -0.258 e. The van der Waals surface area contributed by atoms with Crippen molar-refractivity contribution in [2.45, 2.75) is 6.92 Å². The monoisotopic (exact) mass is 329 g/mol. The molecule has 0 aliphatic rings. The zero-order valence-corrected chi connectivity index (χ0v) is 13.1. The molecule has 0 aliphatic carbocycles. The Kier molecular flexibility index (Phi) is 2.82. The molecule has 0 saturated heterocycles. The third kappa shape index (κ3) is 1.86. The van der Waals surface area contributed by atoms with Gasteiger partial charge in [0, 0.05) is 34.9 Å². The summed E-state index contributed by atoms with van der Waals surface area (Å²) in [6.45, 7) is 1.76. The minimum atomic E-state index is -0.341. The van der Waals surface area contributed by atoms with Crippen molar-refractivity contribution < 1.29 is 9.32 Å². The Morgan fingerprint density at radius 2 is 1.95 bits per heavy atom. The predicted molar refractivity (Wildman–Crippen MR) is 88.9 cm³/mol. The third-order valence-electron chi connectivity index (χ3n) is 3.79. The molecule has 0 spiro atoms. The number of benzene rings is 2. The van der Waals surface area contributed by atoms with Crippen LogP contribution in [-0.4, -0.2) is 4.92 Å². The van der Waals surface area contributed by atoms with Crippen molar-refractivity contribution in [3.63, 3.8) is 0 Å². The van der Waals surface area contributed by atoms with Gasteiger partial charge in [-0.2, -0.15) is 0 Å². The molecule has 0 unspecified atom stereocenters. The topological polar surface area (TPSA) is 47.2 Å². The molecule has 0 amide bonds. The van der Waals surface area contributed by atoms with Gasteiger partial charge in [-0.3, -0.25) is 10.1 Å². The van der Waals surface area contributed by atoms with E-state index in [0.717, 1.165) is 25.9 Å². The van der Waals surface area contributed by atoms with Crippen molar-refractivity contribution in [3.8, 4) is 0 Å². The van der Waals surface area contributed by atoms with E-state index in [4.69, 9.17) is 11.6 Å². The quantitative estimate of drug-likeness (QED) is 0.289. The fourth-order valence-corrected chi connectivity index (χ4v) is 3.97. The van der Waals surface area contributed by atoms with Crippen LogP contribution in [0.25, 0.3) is 25.9 Å². The van der Waals surface area contributed by atoms with Gasteiger partial charge in [-0.15, -0.1) is 4.40 Å². The smallest absolute Gasteiger partial charge is 0.258 e. The lowest BCUT2D eigenvalue weighted by Crippen LogP contribution is -2.20. The minimum absolute atomic E-state index is 0.144. The highest BCUT2D eigenvalue weighted by molar-refractivity contribution is 7.23. The molecule has 6 heteroatoms. The van der Waals surface area contributed by atoms with Gasteiger partial charge in [0.25, 0.3) is 10.5 Å². The highest BCUT2D eigenvalue weighted by Gasteiger charge is 2.21. The largest absolute Gasteiger partial charge is 0.273 e. The molecule has 2 aromatic carbocycles. The van der Waals surface area contributed by atoms with E-state index in [1.807, 2.05) is 36.4 Å². The fraction of sp³-hybridized carbons (Fsp3) is 0.0625. The number of halogens is 1. The maximum Gasteiger partial charge on any atom is 0.273 e. The number of aromatic nitrogens is 1. The summed E-state index contributed by atoms with van der Waals surface area (Å²) >= 11 is 7.80. The van der Waals surface area contributed by atoms with E-state index in [0.29, 0.717) is 10.6 Å². The summed E-state index contributed by atoms with van der Waals surface area (Å²) in [5.41, 5.74) is 2.77. The molecule has 0 aliphatic heterocycles. The van der Waals surface area contributed by atoms with Crippen molar-refractivity contribution in [1.82, 2.24) is 0 Å². The molecule has 0 saturated carbocycles. The van der Waals surface area contributed by atoms with Crippen LogP contribution in [0, 0.1) is 17.0 Å². The van der Waals surface area contributed by atoms with E-state index in [1.165, 1.54) is 0 Å². The van der Waals surface area contributed by atoms with Gasteiger partial charge in [0.1, 0.15) is 4.70 Å². The summed E-state index contributed by atoms with van der Waals surface area (Å²) in [6, 6.07) is 13.2. The highest BCUT2D eigenvalue weighted by atomic mass is 35.5. The van der Waals surface area contributed by atoms with Gasteiger partial charge in [-0.05, 0) is 25.1 Å². The summed E-state index contributed by atoms with van der Waals surface area (Å²) in [4.78, 5) is 11.9. The Balaban J connectivity index is 2.22. The van der Waals surface area contributed by atoms with Gasteiger partial charge in [-0.25, -0.2) is 0 Å². The Morgan fingerprint density at radius 3 is 2.73 bits per heavy atom. The van der Waals surface area contributed by atoms with Crippen LogP contribution in [-0.2, 0) is 0 Å². The summed E-state index contributed by atoms with van der Waals surface area (Å²) in [7, 11) is 0. The van der Waals surface area contributed by atoms with Crippen LogP contribution in [0.1, 0.15) is 5.56 Å². The number of hydrogen-bond acceptors (Lipinski definition) is 3. The Labute approximate surface area is 134 Å². The Hall–Kier alpha value is -2.24. The van der Waals surface area contributed by atoms with Crippen LogP contribution in [0.4, 0.5) is 5.69 Å². The van der Waals surface area contributed by atoms with Crippen molar-refractivity contribution in [2.75, 3.05) is 0 Å². The first kappa shape index (κ1) is 13.4. The molecule has 4 rings (SSSR count). The summed E-state index contributed by atoms with van der Waals surface area (Å²) in [5.74, 6) is 0. The van der Waals surface area contributed by atoms with Gasteiger partial charge in [0.05, 0.1) is 10.3 Å². The van der Waals surface area contributed by atoms with E-state index < -0.39 is 0 Å². The molecule has 4 nitrogen and oxygen atoms in total. The Bertz CT molecular complexity index is 1090. The second-order valence-electron chi connectivity index (χ2n) is 5.18. The van der Waals surface area contributed by atoms with E-state index in [-0.39, 0.29) is 10.6 Å². The highest BCUT2D eigenvalue weighted by Crippen LogP contribution is 2.29. The van der Waals surface area contributed by atoms with E-state index in [9.17, 15) is 10.1 Å². The molecule has 0 bridgehead atoms. The van der Waals surface area contributed by atoms with Gasteiger partial charge in [0.2, 0.25) is 11.0 Å². The van der Waals surface area contributed by atoms with Gasteiger partial charge < -0.3 is 0 Å².